The molecule has 0 radical (unpaired) electrons. The molecule has 5 aromatic rings. The summed E-state index contributed by atoms with van der Waals surface area (Å²) in [6.45, 7) is 22.1. The van der Waals surface area contributed by atoms with Gasteiger partial charge in [0.1, 0.15) is 0 Å². The Hall–Kier alpha value is -2.44. The van der Waals surface area contributed by atoms with Crippen LogP contribution in [0.1, 0.15) is 97.2 Å². The van der Waals surface area contributed by atoms with E-state index in [1.807, 2.05) is 0 Å². The van der Waals surface area contributed by atoms with Crippen molar-refractivity contribution in [3.63, 3.8) is 0 Å². The van der Waals surface area contributed by atoms with Crippen LogP contribution >= 0.6 is 0 Å². The number of halogens is 2. The minimum Gasteiger partial charge on any atom is -1.00 e. The summed E-state index contributed by atoms with van der Waals surface area (Å²) in [5.41, 5.74) is 16.8. The van der Waals surface area contributed by atoms with Crippen LogP contribution < -0.4 is 24.8 Å². The molecule has 6 rings (SSSR count). The molecule has 0 atom stereocenters. The van der Waals surface area contributed by atoms with E-state index in [0.29, 0.717) is 0 Å². The maximum Gasteiger partial charge on any atom is -1.00 e. The Kier molecular flexibility index (Phi) is 14.3. The minimum atomic E-state index is 0. The van der Waals surface area contributed by atoms with Crippen LogP contribution in [0, 0.1) is 33.8 Å². The Morgan fingerprint density at radius 1 is 0.630 bits per heavy atom. The topological polar surface area (TPSA) is 0 Å². The summed E-state index contributed by atoms with van der Waals surface area (Å²) in [6.07, 6.45) is 1.03. The van der Waals surface area contributed by atoms with Gasteiger partial charge in [-0.1, -0.05) is 90.1 Å². The number of benzene rings is 4. The molecule has 0 saturated heterocycles. The number of hydrogen-bond donors (Lipinski definition) is 0. The zero-order valence-corrected chi connectivity index (χ0v) is 33.2. The number of hydrogen-bond acceptors (Lipinski definition) is 0. The van der Waals surface area contributed by atoms with Gasteiger partial charge < -0.3 is 24.8 Å². The average Bonchev–Trinajstić information content (AvgIpc) is 3.53. The fourth-order valence-electron chi connectivity index (χ4n) is 5.31. The molecule has 0 fully saturated rings. The van der Waals surface area contributed by atoms with Crippen LogP contribution in [0.25, 0.3) is 11.1 Å². The summed E-state index contributed by atoms with van der Waals surface area (Å²) in [4.78, 5) is 0. The van der Waals surface area contributed by atoms with Crippen molar-refractivity contribution < 1.29 is 49.0 Å². The number of fused-ring (bicyclic) bond motifs is 3. The standard InChI is InChI=1S/C21H25.C15H14.C7H9.2ClH.Zr/c1-20(2,3)16-9-7-14-11-15-8-10-17(21(4,5)6)13-19(15)18(14)12-16;1-12-3-7-14(8-4-12)11-15-9-5-13(2)6-10-15;1-6-3-4-7(2)5-6;;;/h7,9-10,12-13H,11H2,1-6H3;3-10H,1-2H3;3-5H,1-2H3;2*1H;/q-1;;-1;;;+2/p-2. The fourth-order valence-corrected chi connectivity index (χ4v) is 6.13. The van der Waals surface area contributed by atoms with E-state index < -0.39 is 0 Å². The van der Waals surface area contributed by atoms with Crippen molar-refractivity contribution in [2.24, 2.45) is 0 Å². The molecule has 240 valence electrons. The van der Waals surface area contributed by atoms with E-state index in [2.05, 4.69) is 172 Å². The van der Waals surface area contributed by atoms with Crippen LogP contribution in [0.5, 0.6) is 0 Å². The van der Waals surface area contributed by atoms with Crippen LogP contribution in [-0.4, -0.2) is 3.21 Å². The smallest absolute Gasteiger partial charge is 1.00 e. The van der Waals surface area contributed by atoms with Gasteiger partial charge in [0.15, 0.2) is 0 Å². The predicted octanol–water partition coefficient (Wildman–Crippen LogP) is 5.10. The molecule has 46 heavy (non-hydrogen) atoms. The Morgan fingerprint density at radius 2 is 1.13 bits per heavy atom. The van der Waals surface area contributed by atoms with Gasteiger partial charge in [-0.25, -0.2) is 11.6 Å². The van der Waals surface area contributed by atoms with E-state index in [-0.39, 0.29) is 35.6 Å². The van der Waals surface area contributed by atoms with Gasteiger partial charge >= 0.3 is 112 Å². The predicted molar refractivity (Wildman–Crippen MR) is 188 cm³/mol. The van der Waals surface area contributed by atoms with Crippen LogP contribution in [0.15, 0.2) is 97.1 Å². The van der Waals surface area contributed by atoms with Crippen LogP contribution in [0.4, 0.5) is 0 Å². The van der Waals surface area contributed by atoms with Crippen LogP contribution in [-0.2, 0) is 41.5 Å². The van der Waals surface area contributed by atoms with Crippen molar-refractivity contribution in [1.29, 1.82) is 0 Å². The summed E-state index contributed by atoms with van der Waals surface area (Å²) in [5.74, 6) is 0. The van der Waals surface area contributed by atoms with E-state index in [1.165, 1.54) is 94.2 Å². The molecule has 0 spiro atoms. The average molecular weight is 727 g/mol. The van der Waals surface area contributed by atoms with Gasteiger partial charge in [0, 0.05) is 0 Å². The first-order chi connectivity index (χ1) is 20.6. The zero-order chi connectivity index (χ0) is 32.2. The van der Waals surface area contributed by atoms with Crippen molar-refractivity contribution in [3.8, 4) is 11.1 Å². The first-order valence-electron chi connectivity index (χ1n) is 15.7. The molecular formula is C43H48Cl2Zr-2. The molecule has 0 heterocycles. The van der Waals surface area contributed by atoms with Gasteiger partial charge in [0.2, 0.25) is 0 Å². The SMILES string of the molecule is CC(C)(C)c1c[c-]c2c(c1)-c1cc(C(C)(C)C)ccc1C2.Cc1c[cH-]c(C)c1.Cc1ccc([C](=[Zr+2])c2ccc(C)cc2)cc1.[Cl-].[Cl-]. The molecule has 3 heteroatoms. The summed E-state index contributed by atoms with van der Waals surface area (Å²) >= 11 is 1.46. The quantitative estimate of drug-likeness (QED) is 0.218. The van der Waals surface area contributed by atoms with Gasteiger partial charge in [0.05, 0.1) is 0 Å². The largest absolute Gasteiger partial charge is 1.00 e. The molecule has 1 aliphatic rings. The molecular weight excluding hydrogens is 679 g/mol. The van der Waals surface area contributed by atoms with Crippen molar-refractivity contribution in [2.45, 2.75) is 86.5 Å². The second-order valence-corrected chi connectivity index (χ2v) is 15.6. The van der Waals surface area contributed by atoms with Crippen LogP contribution in [0.3, 0.4) is 0 Å². The molecule has 5 aromatic carbocycles. The Labute approximate surface area is 306 Å². The summed E-state index contributed by atoms with van der Waals surface area (Å²) < 4.78 is 1.42. The third-order valence-corrected chi connectivity index (χ3v) is 9.69. The Morgan fingerprint density at radius 3 is 1.54 bits per heavy atom. The van der Waals surface area contributed by atoms with Gasteiger partial charge in [0.25, 0.3) is 0 Å². The third-order valence-electron chi connectivity index (χ3n) is 8.27. The molecule has 0 nitrogen and oxygen atoms in total. The van der Waals surface area contributed by atoms with Crippen molar-refractivity contribution in [2.75, 3.05) is 0 Å². The molecule has 1 aliphatic carbocycles. The molecule has 0 aliphatic heterocycles. The van der Waals surface area contributed by atoms with E-state index in [9.17, 15) is 0 Å². The molecule has 0 N–H and O–H groups in total. The number of rotatable bonds is 2. The van der Waals surface area contributed by atoms with Crippen molar-refractivity contribution in [3.05, 3.63) is 159 Å². The second kappa shape index (κ2) is 16.6. The van der Waals surface area contributed by atoms with Gasteiger partial charge in [-0.3, -0.25) is 0 Å². The van der Waals surface area contributed by atoms with Crippen molar-refractivity contribution in [1.82, 2.24) is 0 Å². The molecule has 0 bridgehead atoms. The first-order valence-corrected chi connectivity index (χ1v) is 17.0. The van der Waals surface area contributed by atoms with E-state index in [1.54, 1.807) is 0 Å². The van der Waals surface area contributed by atoms with Crippen molar-refractivity contribution >= 4 is 3.21 Å². The summed E-state index contributed by atoms with van der Waals surface area (Å²) in [7, 11) is 0. The first kappa shape index (κ1) is 39.7. The Balaban J connectivity index is 0.000000261. The Bertz CT molecular complexity index is 1600. The second-order valence-electron chi connectivity index (χ2n) is 14.4. The summed E-state index contributed by atoms with van der Waals surface area (Å²) in [6, 6.07) is 39.0. The van der Waals surface area contributed by atoms with E-state index >= 15 is 0 Å². The van der Waals surface area contributed by atoms with Gasteiger partial charge in [-0.15, -0.1) is 5.56 Å². The fraction of sp³-hybridized carbons (Fsp3) is 0.302. The molecule has 0 saturated carbocycles. The van der Waals surface area contributed by atoms with E-state index in [4.69, 9.17) is 0 Å². The normalized spacial score (nSPS) is 11.4. The maximum atomic E-state index is 3.53. The van der Waals surface area contributed by atoms with Gasteiger partial charge in [-0.2, -0.15) is 47.0 Å². The molecule has 0 amide bonds. The third kappa shape index (κ3) is 10.5. The number of aryl methyl sites for hydroxylation is 4. The maximum absolute atomic E-state index is 3.53. The molecule has 0 aromatic heterocycles. The monoisotopic (exact) mass is 724 g/mol. The minimum absolute atomic E-state index is 0. The summed E-state index contributed by atoms with van der Waals surface area (Å²) in [5, 5.41) is 0. The molecule has 0 unspecified atom stereocenters. The van der Waals surface area contributed by atoms with E-state index in [0.717, 1.165) is 6.42 Å². The van der Waals surface area contributed by atoms with Crippen LogP contribution in [0.2, 0.25) is 0 Å². The van der Waals surface area contributed by atoms with Gasteiger partial charge in [-0.05, 0) is 17.4 Å². The zero-order valence-electron chi connectivity index (χ0n) is 29.2.